The summed E-state index contributed by atoms with van der Waals surface area (Å²) >= 11 is 0. The number of hydrogen-bond donors (Lipinski definition) is 1. The van der Waals surface area contributed by atoms with Gasteiger partial charge in [0.2, 0.25) is 0 Å². The van der Waals surface area contributed by atoms with Crippen LogP contribution < -0.4 is 0 Å². The van der Waals surface area contributed by atoms with Crippen LogP contribution in [0, 0.1) is 0 Å². The van der Waals surface area contributed by atoms with E-state index >= 15 is 0 Å². The number of rotatable bonds is 5. The number of nitrogens with zero attached hydrogens (tertiary/aromatic N) is 4. The summed E-state index contributed by atoms with van der Waals surface area (Å²) in [7, 11) is 2.23. The van der Waals surface area contributed by atoms with E-state index < -0.39 is 0 Å². The lowest BCUT2D eigenvalue weighted by molar-refractivity contribution is 0.204. The Kier molecular flexibility index (Phi) is 5.19. The molecule has 0 spiro atoms. The molecule has 2 aromatic heterocycles. The van der Waals surface area contributed by atoms with Crippen molar-refractivity contribution < 1.29 is 0 Å². The van der Waals surface area contributed by atoms with E-state index in [2.05, 4.69) is 50.2 Å². The number of likely N-dealkylation sites (tertiary alicyclic amines) is 1. The fourth-order valence-electron chi connectivity index (χ4n) is 3.23. The standard InChI is InChI=1S/C17H25N5/c1-21(13-15-5-2-3-9-18-15)17-6-4-11-22(12-8-17)14-16-7-10-19-20-16/h2-3,5,7,9-10,17H,4,6,8,11-14H2,1H3,(H,19,20)/t17-/m0/s1. The van der Waals surface area contributed by atoms with Crippen LogP contribution in [0.5, 0.6) is 0 Å². The van der Waals surface area contributed by atoms with Crippen LogP contribution in [0.25, 0.3) is 0 Å². The average Bonchev–Trinajstić information content (AvgIpc) is 2.92. The normalized spacial score (nSPS) is 20.2. The molecule has 1 aliphatic rings. The minimum Gasteiger partial charge on any atom is -0.298 e. The molecule has 0 bridgehead atoms. The van der Waals surface area contributed by atoms with Gasteiger partial charge in [0.1, 0.15) is 0 Å². The van der Waals surface area contributed by atoms with Gasteiger partial charge in [0.15, 0.2) is 0 Å². The number of H-pyrrole nitrogens is 1. The lowest BCUT2D eigenvalue weighted by Crippen LogP contribution is -2.32. The smallest absolute Gasteiger partial charge is 0.0543 e. The molecule has 0 unspecified atom stereocenters. The van der Waals surface area contributed by atoms with Crippen molar-refractivity contribution in [1.29, 1.82) is 0 Å². The van der Waals surface area contributed by atoms with E-state index in [-0.39, 0.29) is 0 Å². The summed E-state index contributed by atoms with van der Waals surface area (Å²) in [6.45, 7) is 4.24. The van der Waals surface area contributed by atoms with Gasteiger partial charge in [-0.3, -0.25) is 19.9 Å². The van der Waals surface area contributed by atoms with E-state index in [1.807, 2.05) is 18.5 Å². The SMILES string of the molecule is CN(Cc1ccccn1)[C@H]1CCCN(Cc2ccn[nH]2)CC1. The summed E-state index contributed by atoms with van der Waals surface area (Å²) in [6.07, 6.45) is 7.45. The molecule has 3 heterocycles. The molecule has 0 amide bonds. The Balaban J connectivity index is 1.51. The Labute approximate surface area is 132 Å². The predicted octanol–water partition coefficient (Wildman–Crippen LogP) is 2.29. The number of aromatic nitrogens is 3. The van der Waals surface area contributed by atoms with Gasteiger partial charge >= 0.3 is 0 Å². The lowest BCUT2D eigenvalue weighted by Gasteiger charge is -2.27. The zero-order valence-electron chi connectivity index (χ0n) is 13.3. The fraction of sp³-hybridized carbons (Fsp3) is 0.529. The molecule has 118 valence electrons. The molecule has 1 fully saturated rings. The van der Waals surface area contributed by atoms with Crippen LogP contribution in [0.1, 0.15) is 30.7 Å². The topological polar surface area (TPSA) is 48.1 Å². The molecule has 0 aliphatic carbocycles. The Morgan fingerprint density at radius 3 is 2.95 bits per heavy atom. The van der Waals surface area contributed by atoms with E-state index in [4.69, 9.17) is 0 Å². The predicted molar refractivity (Wildman–Crippen MR) is 87.2 cm³/mol. The Bertz CT molecular complexity index is 539. The third kappa shape index (κ3) is 4.15. The first-order valence-corrected chi connectivity index (χ1v) is 8.12. The third-order valence-corrected chi connectivity index (χ3v) is 4.50. The van der Waals surface area contributed by atoms with Crippen molar-refractivity contribution in [1.82, 2.24) is 25.0 Å². The molecule has 0 radical (unpaired) electrons. The third-order valence-electron chi connectivity index (χ3n) is 4.50. The maximum atomic E-state index is 4.44. The molecule has 1 atom stereocenters. The minimum absolute atomic E-state index is 0.647. The second-order valence-corrected chi connectivity index (χ2v) is 6.18. The highest BCUT2D eigenvalue weighted by atomic mass is 15.2. The highest BCUT2D eigenvalue weighted by Gasteiger charge is 2.20. The molecule has 2 aromatic rings. The van der Waals surface area contributed by atoms with Crippen LogP contribution in [-0.4, -0.2) is 51.2 Å². The van der Waals surface area contributed by atoms with Crippen LogP contribution >= 0.6 is 0 Å². The molecule has 1 N–H and O–H groups in total. The Morgan fingerprint density at radius 2 is 2.18 bits per heavy atom. The van der Waals surface area contributed by atoms with Crippen molar-refractivity contribution >= 4 is 0 Å². The second-order valence-electron chi connectivity index (χ2n) is 6.18. The van der Waals surface area contributed by atoms with Crippen LogP contribution in [0.2, 0.25) is 0 Å². The summed E-state index contributed by atoms with van der Waals surface area (Å²) in [5, 5.41) is 7.10. The summed E-state index contributed by atoms with van der Waals surface area (Å²) in [5.74, 6) is 0. The van der Waals surface area contributed by atoms with Crippen LogP contribution in [0.3, 0.4) is 0 Å². The fourth-order valence-corrected chi connectivity index (χ4v) is 3.23. The molecule has 5 nitrogen and oxygen atoms in total. The zero-order valence-corrected chi connectivity index (χ0v) is 13.3. The van der Waals surface area contributed by atoms with Gasteiger partial charge in [-0.2, -0.15) is 5.10 Å². The van der Waals surface area contributed by atoms with Gasteiger partial charge in [0.25, 0.3) is 0 Å². The second kappa shape index (κ2) is 7.51. The average molecular weight is 299 g/mol. The van der Waals surface area contributed by atoms with E-state index in [0.29, 0.717) is 6.04 Å². The quantitative estimate of drug-likeness (QED) is 0.920. The highest BCUT2D eigenvalue weighted by Crippen LogP contribution is 2.18. The first kappa shape index (κ1) is 15.2. The van der Waals surface area contributed by atoms with Crippen LogP contribution in [0.4, 0.5) is 0 Å². The molecular formula is C17H25N5. The van der Waals surface area contributed by atoms with Gasteiger partial charge in [-0.25, -0.2) is 0 Å². The molecule has 1 saturated heterocycles. The van der Waals surface area contributed by atoms with E-state index in [1.54, 1.807) is 0 Å². The van der Waals surface area contributed by atoms with Gasteiger partial charge in [0, 0.05) is 43.8 Å². The Morgan fingerprint density at radius 1 is 1.23 bits per heavy atom. The van der Waals surface area contributed by atoms with Crippen LogP contribution in [-0.2, 0) is 13.1 Å². The first-order valence-electron chi connectivity index (χ1n) is 8.12. The zero-order chi connectivity index (χ0) is 15.2. The summed E-state index contributed by atoms with van der Waals surface area (Å²) in [6, 6.07) is 8.86. The molecular weight excluding hydrogens is 274 g/mol. The molecule has 0 aromatic carbocycles. The molecule has 0 saturated carbocycles. The summed E-state index contributed by atoms with van der Waals surface area (Å²) in [4.78, 5) is 9.43. The van der Waals surface area contributed by atoms with E-state index in [1.165, 1.54) is 31.5 Å². The van der Waals surface area contributed by atoms with Crippen molar-refractivity contribution in [3.8, 4) is 0 Å². The summed E-state index contributed by atoms with van der Waals surface area (Å²) in [5.41, 5.74) is 2.36. The van der Waals surface area contributed by atoms with Gasteiger partial charge in [-0.05, 0) is 51.1 Å². The maximum absolute atomic E-state index is 4.44. The first-order chi connectivity index (χ1) is 10.8. The van der Waals surface area contributed by atoms with E-state index in [9.17, 15) is 0 Å². The Hall–Kier alpha value is -1.72. The van der Waals surface area contributed by atoms with Crippen molar-refractivity contribution in [3.63, 3.8) is 0 Å². The van der Waals surface area contributed by atoms with Crippen LogP contribution in [0.15, 0.2) is 36.7 Å². The molecule has 3 rings (SSSR count). The summed E-state index contributed by atoms with van der Waals surface area (Å²) < 4.78 is 0. The monoisotopic (exact) mass is 299 g/mol. The minimum atomic E-state index is 0.647. The number of hydrogen-bond acceptors (Lipinski definition) is 4. The maximum Gasteiger partial charge on any atom is 0.0543 e. The van der Waals surface area contributed by atoms with Crippen molar-refractivity contribution in [2.75, 3.05) is 20.1 Å². The van der Waals surface area contributed by atoms with Crippen molar-refractivity contribution in [3.05, 3.63) is 48.0 Å². The molecule has 1 aliphatic heterocycles. The highest BCUT2D eigenvalue weighted by molar-refractivity contribution is 5.03. The number of pyridine rings is 1. The van der Waals surface area contributed by atoms with Gasteiger partial charge < -0.3 is 0 Å². The van der Waals surface area contributed by atoms with Gasteiger partial charge in [-0.15, -0.1) is 0 Å². The lowest BCUT2D eigenvalue weighted by atomic mass is 10.1. The van der Waals surface area contributed by atoms with Gasteiger partial charge in [-0.1, -0.05) is 6.07 Å². The number of aromatic amines is 1. The van der Waals surface area contributed by atoms with Gasteiger partial charge in [0.05, 0.1) is 5.69 Å². The molecule has 5 heteroatoms. The molecule has 22 heavy (non-hydrogen) atoms. The van der Waals surface area contributed by atoms with Crippen molar-refractivity contribution in [2.24, 2.45) is 0 Å². The van der Waals surface area contributed by atoms with E-state index in [0.717, 1.165) is 25.3 Å². The largest absolute Gasteiger partial charge is 0.298 e. The number of nitrogens with one attached hydrogen (secondary N) is 1. The van der Waals surface area contributed by atoms with Crippen molar-refractivity contribution in [2.45, 2.75) is 38.4 Å².